The molecule has 1 atom stereocenters. The van der Waals surface area contributed by atoms with Gasteiger partial charge in [-0.3, -0.25) is 9.59 Å². The van der Waals surface area contributed by atoms with Gasteiger partial charge >= 0.3 is 0 Å². The van der Waals surface area contributed by atoms with Gasteiger partial charge in [0.15, 0.2) is 0 Å². The Labute approximate surface area is 220 Å². The summed E-state index contributed by atoms with van der Waals surface area (Å²) in [6, 6.07) is 25.3. The summed E-state index contributed by atoms with van der Waals surface area (Å²) in [6.07, 6.45) is 6.18. The van der Waals surface area contributed by atoms with Crippen LogP contribution in [0.1, 0.15) is 54.4 Å². The molecule has 1 fully saturated rings. The molecular weight excluding hydrogens is 460 g/mol. The van der Waals surface area contributed by atoms with Crippen molar-refractivity contribution in [1.82, 2.24) is 10.2 Å². The van der Waals surface area contributed by atoms with Gasteiger partial charge in [0.25, 0.3) is 0 Å². The molecule has 1 N–H and O–H groups in total. The lowest BCUT2D eigenvalue weighted by Crippen LogP contribution is -2.53. The molecule has 4 rings (SSSR count). The van der Waals surface area contributed by atoms with E-state index in [9.17, 15) is 9.59 Å². The molecule has 0 radical (unpaired) electrons. The average molecular weight is 499 g/mol. The minimum atomic E-state index is -0.617. The average Bonchev–Trinajstić information content (AvgIpc) is 2.93. The molecule has 1 saturated carbocycles. The minimum absolute atomic E-state index is 0.0635. The molecule has 194 valence electrons. The van der Waals surface area contributed by atoms with Crippen molar-refractivity contribution in [3.63, 3.8) is 0 Å². The summed E-state index contributed by atoms with van der Waals surface area (Å²) < 4.78 is 5.43. The smallest absolute Gasteiger partial charge is 0.243 e. The fourth-order valence-electron chi connectivity index (χ4n) is 5.05. The number of carbonyl (C=O) groups is 2. The Balaban J connectivity index is 1.65. The van der Waals surface area contributed by atoms with Crippen molar-refractivity contribution in [3.05, 3.63) is 101 Å². The summed E-state index contributed by atoms with van der Waals surface area (Å²) in [7, 11) is 1.63. The first-order valence-electron chi connectivity index (χ1n) is 13.3. The van der Waals surface area contributed by atoms with Crippen LogP contribution in [0.3, 0.4) is 0 Å². The second kappa shape index (κ2) is 13.1. The molecule has 5 heteroatoms. The van der Waals surface area contributed by atoms with E-state index in [1.807, 2.05) is 85.8 Å². The molecule has 2 amide bonds. The molecule has 0 aliphatic heterocycles. The van der Waals surface area contributed by atoms with Gasteiger partial charge < -0.3 is 15.0 Å². The van der Waals surface area contributed by atoms with Crippen LogP contribution in [0.5, 0.6) is 5.75 Å². The molecule has 37 heavy (non-hydrogen) atoms. The van der Waals surface area contributed by atoms with Crippen molar-refractivity contribution in [2.75, 3.05) is 7.11 Å². The van der Waals surface area contributed by atoms with Crippen LogP contribution in [-0.4, -0.2) is 35.9 Å². The fraction of sp³-hybridized carbons (Fsp3) is 0.375. The largest absolute Gasteiger partial charge is 0.497 e. The molecule has 3 aromatic rings. The van der Waals surface area contributed by atoms with Gasteiger partial charge in [-0.05, 0) is 48.6 Å². The van der Waals surface area contributed by atoms with E-state index >= 15 is 0 Å². The quantitative estimate of drug-likeness (QED) is 0.394. The maximum Gasteiger partial charge on any atom is 0.243 e. The minimum Gasteiger partial charge on any atom is -0.497 e. The number of hydrogen-bond donors (Lipinski definition) is 1. The van der Waals surface area contributed by atoms with Crippen LogP contribution in [-0.2, 0) is 29.0 Å². The number of nitrogens with one attached hydrogen (secondary N) is 1. The second-order valence-corrected chi connectivity index (χ2v) is 10.1. The number of methoxy groups -OCH3 is 1. The molecule has 1 unspecified atom stereocenters. The van der Waals surface area contributed by atoms with E-state index in [0.717, 1.165) is 53.7 Å². The fourth-order valence-corrected chi connectivity index (χ4v) is 5.05. The zero-order chi connectivity index (χ0) is 26.0. The Morgan fingerprint density at radius 1 is 0.892 bits per heavy atom. The predicted molar refractivity (Wildman–Crippen MR) is 147 cm³/mol. The third kappa shape index (κ3) is 7.69. The Bertz CT molecular complexity index is 1150. The highest BCUT2D eigenvalue weighted by molar-refractivity contribution is 5.89. The normalized spacial score (nSPS) is 14.5. The number of carbonyl (C=O) groups excluding carboxylic acids is 2. The van der Waals surface area contributed by atoms with Crippen molar-refractivity contribution >= 4 is 11.8 Å². The van der Waals surface area contributed by atoms with Gasteiger partial charge in [-0.1, -0.05) is 91.6 Å². The first-order chi connectivity index (χ1) is 18.0. The highest BCUT2D eigenvalue weighted by atomic mass is 16.5. The van der Waals surface area contributed by atoms with Crippen LogP contribution in [0.2, 0.25) is 0 Å². The van der Waals surface area contributed by atoms with Gasteiger partial charge in [0.05, 0.1) is 13.5 Å². The number of amides is 2. The highest BCUT2D eigenvalue weighted by Gasteiger charge is 2.32. The molecule has 0 bridgehead atoms. The maximum atomic E-state index is 13.9. The third-order valence-electron chi connectivity index (χ3n) is 7.19. The molecular formula is C32H38N2O3. The number of benzene rings is 3. The van der Waals surface area contributed by atoms with Crippen LogP contribution in [0.15, 0.2) is 78.9 Å². The van der Waals surface area contributed by atoms with Crippen molar-refractivity contribution < 1.29 is 14.3 Å². The molecule has 0 heterocycles. The van der Waals surface area contributed by atoms with Gasteiger partial charge in [0.1, 0.15) is 11.8 Å². The van der Waals surface area contributed by atoms with E-state index in [1.54, 1.807) is 12.0 Å². The van der Waals surface area contributed by atoms with E-state index in [4.69, 9.17) is 4.74 Å². The third-order valence-corrected chi connectivity index (χ3v) is 7.19. The summed E-state index contributed by atoms with van der Waals surface area (Å²) in [6.45, 7) is 2.36. The number of nitrogens with zero attached hydrogens (tertiary/aromatic N) is 1. The van der Waals surface area contributed by atoms with Crippen LogP contribution >= 0.6 is 0 Å². The van der Waals surface area contributed by atoms with Crippen molar-refractivity contribution in [1.29, 1.82) is 0 Å². The Morgan fingerprint density at radius 2 is 1.59 bits per heavy atom. The SMILES string of the molecule is COc1cccc(CN(C(=O)Cc2ccc(C)cc2)C(Cc2ccccc2)C(=O)NC2CCCCC2)c1. The summed E-state index contributed by atoms with van der Waals surface area (Å²) in [4.78, 5) is 29.5. The van der Waals surface area contributed by atoms with Gasteiger partial charge in [-0.15, -0.1) is 0 Å². The lowest BCUT2D eigenvalue weighted by atomic mass is 9.94. The maximum absolute atomic E-state index is 13.9. The van der Waals surface area contributed by atoms with E-state index in [1.165, 1.54) is 6.42 Å². The first kappa shape index (κ1) is 26.5. The highest BCUT2D eigenvalue weighted by Crippen LogP contribution is 2.22. The molecule has 0 spiro atoms. The van der Waals surface area contributed by atoms with E-state index in [2.05, 4.69) is 5.32 Å². The van der Waals surface area contributed by atoms with Gasteiger partial charge in [0.2, 0.25) is 11.8 Å². The number of hydrogen-bond acceptors (Lipinski definition) is 3. The summed E-state index contributed by atoms with van der Waals surface area (Å²) in [5.74, 6) is 0.594. The molecule has 5 nitrogen and oxygen atoms in total. The van der Waals surface area contributed by atoms with E-state index in [0.29, 0.717) is 13.0 Å². The standard InChI is InChI=1S/C32H38N2O3/c1-24-16-18-26(19-17-24)22-31(35)34(23-27-12-9-15-29(20-27)37-2)30(21-25-10-5-3-6-11-25)32(36)33-28-13-7-4-8-14-28/h3,5-6,9-12,15-20,28,30H,4,7-8,13-14,21-23H2,1-2H3,(H,33,36). The van der Waals surface area contributed by atoms with Crippen LogP contribution < -0.4 is 10.1 Å². The molecule has 1 aliphatic rings. The summed E-state index contributed by atoms with van der Waals surface area (Å²) >= 11 is 0. The molecule has 0 saturated heterocycles. The Morgan fingerprint density at radius 3 is 2.30 bits per heavy atom. The Kier molecular flexibility index (Phi) is 9.36. The molecule has 0 aromatic heterocycles. The van der Waals surface area contributed by atoms with E-state index in [-0.39, 0.29) is 24.3 Å². The first-order valence-corrected chi connectivity index (χ1v) is 13.3. The van der Waals surface area contributed by atoms with Gasteiger partial charge in [0, 0.05) is 19.0 Å². The summed E-state index contributed by atoms with van der Waals surface area (Å²) in [5, 5.41) is 3.30. The van der Waals surface area contributed by atoms with Crippen molar-refractivity contribution in [2.24, 2.45) is 0 Å². The van der Waals surface area contributed by atoms with Crippen molar-refractivity contribution in [2.45, 2.75) is 70.5 Å². The number of aryl methyl sites for hydroxylation is 1. The molecule has 3 aromatic carbocycles. The zero-order valence-electron chi connectivity index (χ0n) is 22.0. The summed E-state index contributed by atoms with van der Waals surface area (Å²) in [5.41, 5.74) is 4.06. The molecule has 1 aliphatic carbocycles. The van der Waals surface area contributed by atoms with Crippen LogP contribution in [0.4, 0.5) is 0 Å². The predicted octanol–water partition coefficient (Wildman–Crippen LogP) is 5.64. The monoisotopic (exact) mass is 498 g/mol. The lowest BCUT2D eigenvalue weighted by Gasteiger charge is -2.33. The van der Waals surface area contributed by atoms with Crippen LogP contribution in [0.25, 0.3) is 0 Å². The second-order valence-electron chi connectivity index (χ2n) is 10.1. The number of rotatable bonds is 10. The lowest BCUT2D eigenvalue weighted by molar-refractivity contribution is -0.141. The van der Waals surface area contributed by atoms with Crippen molar-refractivity contribution in [3.8, 4) is 5.75 Å². The van der Waals surface area contributed by atoms with Gasteiger partial charge in [-0.2, -0.15) is 0 Å². The topological polar surface area (TPSA) is 58.6 Å². The van der Waals surface area contributed by atoms with E-state index < -0.39 is 6.04 Å². The van der Waals surface area contributed by atoms with Gasteiger partial charge in [-0.25, -0.2) is 0 Å². The Hall–Kier alpha value is -3.60. The zero-order valence-corrected chi connectivity index (χ0v) is 22.0. The number of ether oxygens (including phenoxy) is 1. The van der Waals surface area contributed by atoms with Crippen LogP contribution in [0, 0.1) is 6.92 Å².